The molecule has 27 heavy (non-hydrogen) atoms. The molecule has 10 heteroatoms. The predicted molar refractivity (Wildman–Crippen MR) is 102 cm³/mol. The normalized spacial score (nSPS) is 12.9. The van der Waals surface area contributed by atoms with Gasteiger partial charge in [0.15, 0.2) is 12.4 Å². The first-order valence-electron chi connectivity index (χ1n) is 8.17. The van der Waals surface area contributed by atoms with Crippen molar-refractivity contribution in [3.63, 3.8) is 0 Å². The topological polar surface area (TPSA) is 125 Å². The minimum atomic E-state index is -0.641. The van der Waals surface area contributed by atoms with Gasteiger partial charge in [0.1, 0.15) is 5.00 Å². The average molecular weight is 410 g/mol. The summed E-state index contributed by atoms with van der Waals surface area (Å²) in [5, 5.41) is 14.3. The van der Waals surface area contributed by atoms with E-state index in [-0.39, 0.29) is 16.5 Å². The van der Waals surface area contributed by atoms with Gasteiger partial charge in [0.05, 0.1) is 10.5 Å². The van der Waals surface area contributed by atoms with Crippen molar-refractivity contribution in [2.75, 3.05) is 11.9 Å². The van der Waals surface area contributed by atoms with E-state index in [1.807, 2.05) is 0 Å². The van der Waals surface area contributed by atoms with Gasteiger partial charge in [0, 0.05) is 16.0 Å². The van der Waals surface area contributed by atoms with E-state index in [2.05, 4.69) is 5.32 Å². The van der Waals surface area contributed by atoms with E-state index < -0.39 is 23.3 Å². The van der Waals surface area contributed by atoms with E-state index in [4.69, 9.17) is 22.1 Å². The lowest BCUT2D eigenvalue weighted by atomic mass is 9.95. The van der Waals surface area contributed by atoms with E-state index in [9.17, 15) is 19.7 Å². The molecule has 0 aliphatic heterocycles. The van der Waals surface area contributed by atoms with Gasteiger partial charge in [0.25, 0.3) is 11.8 Å². The Morgan fingerprint density at radius 2 is 2.07 bits per heavy atom. The Labute approximate surface area is 163 Å². The Morgan fingerprint density at radius 1 is 1.33 bits per heavy atom. The smallest absolute Gasteiger partial charge is 0.312 e. The lowest BCUT2D eigenvalue weighted by Crippen LogP contribution is -2.22. The predicted octanol–water partition coefficient (Wildman–Crippen LogP) is 3.30. The van der Waals surface area contributed by atoms with Gasteiger partial charge >= 0.3 is 5.69 Å². The highest BCUT2D eigenvalue weighted by Crippen LogP contribution is 2.38. The molecular weight excluding hydrogens is 394 g/mol. The molecule has 0 spiro atoms. The quantitative estimate of drug-likeness (QED) is 0.559. The molecular formula is C17H16ClN3O5S. The van der Waals surface area contributed by atoms with Gasteiger partial charge in [-0.1, -0.05) is 11.6 Å². The van der Waals surface area contributed by atoms with Crippen molar-refractivity contribution < 1.29 is 19.2 Å². The molecule has 3 rings (SSSR count). The van der Waals surface area contributed by atoms with Gasteiger partial charge in [-0.25, -0.2) is 0 Å². The zero-order chi connectivity index (χ0) is 19.6. The number of rotatable bonds is 6. The first-order chi connectivity index (χ1) is 12.9. The number of anilines is 1. The minimum absolute atomic E-state index is 0.0693. The molecule has 0 saturated carbocycles. The van der Waals surface area contributed by atoms with Crippen molar-refractivity contribution in [2.24, 2.45) is 5.73 Å². The van der Waals surface area contributed by atoms with Crippen LogP contribution >= 0.6 is 22.9 Å². The summed E-state index contributed by atoms with van der Waals surface area (Å²) >= 11 is 7.08. The van der Waals surface area contributed by atoms with E-state index in [1.54, 1.807) is 0 Å². The summed E-state index contributed by atoms with van der Waals surface area (Å²) in [7, 11) is 0. The van der Waals surface area contributed by atoms with Crippen LogP contribution in [0.1, 0.15) is 33.6 Å². The lowest BCUT2D eigenvalue weighted by molar-refractivity contribution is -0.385. The monoisotopic (exact) mass is 409 g/mol. The number of carbonyl (C=O) groups excluding carboxylic acids is 2. The molecule has 1 aliphatic rings. The first-order valence-corrected chi connectivity index (χ1v) is 9.37. The lowest BCUT2D eigenvalue weighted by Gasteiger charge is -2.11. The number of ether oxygens (including phenoxy) is 1. The van der Waals surface area contributed by atoms with Crippen LogP contribution in [-0.2, 0) is 17.6 Å². The molecule has 1 heterocycles. The van der Waals surface area contributed by atoms with E-state index in [0.717, 1.165) is 42.2 Å². The molecule has 142 valence electrons. The molecule has 0 fully saturated rings. The fourth-order valence-electron chi connectivity index (χ4n) is 2.98. The number of nitrogens with two attached hydrogens (primary N) is 1. The number of nitrogens with one attached hydrogen (secondary N) is 1. The fourth-order valence-corrected chi connectivity index (χ4v) is 4.45. The Balaban J connectivity index is 1.73. The molecule has 0 saturated heterocycles. The summed E-state index contributed by atoms with van der Waals surface area (Å²) in [5.41, 5.74) is 6.41. The van der Waals surface area contributed by atoms with Gasteiger partial charge in [0.2, 0.25) is 0 Å². The number of amides is 2. The van der Waals surface area contributed by atoms with Crippen molar-refractivity contribution in [3.05, 3.63) is 49.3 Å². The largest absolute Gasteiger partial charge is 0.477 e. The molecule has 1 aromatic heterocycles. The molecule has 8 nitrogen and oxygen atoms in total. The molecule has 0 bridgehead atoms. The third-order valence-electron chi connectivity index (χ3n) is 4.15. The fraction of sp³-hybridized carbons (Fsp3) is 0.294. The number of carbonyl (C=O) groups is 2. The number of fused-ring (bicyclic) bond motifs is 1. The van der Waals surface area contributed by atoms with Crippen LogP contribution in [0.4, 0.5) is 10.7 Å². The van der Waals surface area contributed by atoms with Gasteiger partial charge in [-0.05, 0) is 43.4 Å². The molecule has 0 unspecified atom stereocenters. The second-order valence-corrected chi connectivity index (χ2v) is 7.53. The Kier molecular flexibility index (Phi) is 5.62. The minimum Gasteiger partial charge on any atom is -0.477 e. The number of halogens is 1. The Bertz CT molecular complexity index is 928. The van der Waals surface area contributed by atoms with Crippen LogP contribution in [0.5, 0.6) is 5.75 Å². The van der Waals surface area contributed by atoms with Crippen molar-refractivity contribution in [3.8, 4) is 5.75 Å². The highest BCUT2D eigenvalue weighted by Gasteiger charge is 2.25. The standard InChI is InChI=1S/C17H16ClN3O5S/c18-9-5-6-12(11(7-9)21(24)25)26-8-14(22)20-17-15(16(19)23)10-3-1-2-4-13(10)27-17/h5-7H,1-4,8H2,(H2,19,23)(H,20,22). The van der Waals surface area contributed by atoms with Crippen molar-refractivity contribution in [2.45, 2.75) is 25.7 Å². The molecule has 1 aromatic carbocycles. The second kappa shape index (κ2) is 7.93. The van der Waals surface area contributed by atoms with E-state index in [0.29, 0.717) is 10.6 Å². The molecule has 3 N–H and O–H groups in total. The van der Waals surface area contributed by atoms with Gasteiger partial charge in [-0.2, -0.15) is 0 Å². The number of hydrogen-bond donors (Lipinski definition) is 2. The summed E-state index contributed by atoms with van der Waals surface area (Å²) in [6, 6.07) is 3.90. The van der Waals surface area contributed by atoms with Crippen molar-refractivity contribution >= 4 is 45.4 Å². The molecule has 0 atom stereocenters. The molecule has 2 aromatic rings. The highest BCUT2D eigenvalue weighted by atomic mass is 35.5. The van der Waals surface area contributed by atoms with Crippen LogP contribution in [0, 0.1) is 10.1 Å². The van der Waals surface area contributed by atoms with Crippen LogP contribution in [0.15, 0.2) is 18.2 Å². The Morgan fingerprint density at radius 3 is 2.78 bits per heavy atom. The summed E-state index contributed by atoms with van der Waals surface area (Å²) in [6.07, 6.45) is 3.61. The molecule has 0 radical (unpaired) electrons. The third kappa shape index (κ3) is 4.20. The van der Waals surface area contributed by atoms with Gasteiger partial charge in [-0.15, -0.1) is 11.3 Å². The summed E-state index contributed by atoms with van der Waals surface area (Å²) < 4.78 is 5.27. The first kappa shape index (κ1) is 19.1. The van der Waals surface area contributed by atoms with Crippen LogP contribution in [-0.4, -0.2) is 23.3 Å². The number of thiophene rings is 1. The van der Waals surface area contributed by atoms with Crippen LogP contribution in [0.25, 0.3) is 0 Å². The van der Waals surface area contributed by atoms with Gasteiger partial charge in [-0.3, -0.25) is 19.7 Å². The zero-order valence-corrected chi connectivity index (χ0v) is 15.7. The van der Waals surface area contributed by atoms with Crippen LogP contribution in [0.2, 0.25) is 5.02 Å². The molecule has 2 amide bonds. The van der Waals surface area contributed by atoms with Crippen LogP contribution < -0.4 is 15.8 Å². The Hall–Kier alpha value is -2.65. The maximum Gasteiger partial charge on any atom is 0.312 e. The van der Waals surface area contributed by atoms with Crippen LogP contribution in [0.3, 0.4) is 0 Å². The zero-order valence-electron chi connectivity index (χ0n) is 14.1. The maximum absolute atomic E-state index is 12.2. The summed E-state index contributed by atoms with van der Waals surface area (Å²) in [5.74, 6) is -1.19. The third-order valence-corrected chi connectivity index (χ3v) is 5.59. The van der Waals surface area contributed by atoms with E-state index >= 15 is 0 Å². The highest BCUT2D eigenvalue weighted by molar-refractivity contribution is 7.17. The number of aryl methyl sites for hydroxylation is 1. The maximum atomic E-state index is 12.2. The number of nitro benzene ring substituents is 1. The average Bonchev–Trinajstić information content (AvgIpc) is 2.98. The van der Waals surface area contributed by atoms with Gasteiger partial charge < -0.3 is 15.8 Å². The SMILES string of the molecule is NC(=O)c1c(NC(=O)COc2ccc(Cl)cc2[N+](=O)[O-])sc2c1CCCC2. The van der Waals surface area contributed by atoms with Crippen molar-refractivity contribution in [1.82, 2.24) is 0 Å². The number of primary amides is 1. The number of nitrogens with zero attached hydrogens (tertiary/aromatic N) is 1. The second-order valence-electron chi connectivity index (χ2n) is 5.99. The summed E-state index contributed by atoms with van der Waals surface area (Å²) in [4.78, 5) is 35.5. The number of hydrogen-bond acceptors (Lipinski definition) is 6. The summed E-state index contributed by atoms with van der Waals surface area (Å²) in [6.45, 7) is -0.455. The van der Waals surface area contributed by atoms with Crippen molar-refractivity contribution in [1.29, 1.82) is 0 Å². The van der Waals surface area contributed by atoms with E-state index in [1.165, 1.54) is 23.5 Å². The molecule has 1 aliphatic carbocycles. The number of benzene rings is 1. The number of nitro groups is 1.